The van der Waals surface area contributed by atoms with Crippen LogP contribution in [0.2, 0.25) is 5.02 Å². The summed E-state index contributed by atoms with van der Waals surface area (Å²) in [5.41, 5.74) is 1.22. The maximum absolute atomic E-state index is 13.1. The Bertz CT molecular complexity index is 1010. The first-order valence-electron chi connectivity index (χ1n) is 10.7. The fraction of sp³-hybridized carbons (Fsp3) is 0.375. The zero-order valence-corrected chi connectivity index (χ0v) is 18.7. The standard InChI is InChI=1S/C24H26ClN3O4/c1-32-21-8-7-18(25)14-20(21)28-15-17(13-22(28)29)24(31)27-11-9-19(10-12-27)26-23(30)16-5-3-2-4-6-16/h2-8,14,17,19H,9-13,15H2,1H3,(H,26,30)/t17-/m1/s1. The number of amides is 3. The van der Waals surface area contributed by atoms with Gasteiger partial charge in [0.15, 0.2) is 0 Å². The van der Waals surface area contributed by atoms with Gasteiger partial charge in [-0.15, -0.1) is 0 Å². The van der Waals surface area contributed by atoms with Crippen LogP contribution < -0.4 is 15.0 Å². The molecule has 8 heteroatoms. The summed E-state index contributed by atoms with van der Waals surface area (Å²) in [7, 11) is 1.54. The number of nitrogens with zero attached hydrogens (tertiary/aromatic N) is 2. The monoisotopic (exact) mass is 455 g/mol. The number of ether oxygens (including phenoxy) is 1. The molecule has 0 aliphatic carbocycles. The molecular weight excluding hydrogens is 430 g/mol. The van der Waals surface area contributed by atoms with Crippen LogP contribution >= 0.6 is 11.6 Å². The molecule has 0 unspecified atom stereocenters. The number of carbonyl (C=O) groups is 3. The number of carbonyl (C=O) groups excluding carboxylic acids is 3. The van der Waals surface area contributed by atoms with Crippen LogP contribution in [0, 0.1) is 5.92 Å². The second-order valence-electron chi connectivity index (χ2n) is 8.16. The smallest absolute Gasteiger partial charge is 0.251 e. The number of methoxy groups -OCH3 is 1. The van der Waals surface area contributed by atoms with Crippen molar-refractivity contribution in [1.82, 2.24) is 10.2 Å². The van der Waals surface area contributed by atoms with Gasteiger partial charge in [0.05, 0.1) is 18.7 Å². The van der Waals surface area contributed by atoms with E-state index in [-0.39, 0.29) is 30.2 Å². The lowest BCUT2D eigenvalue weighted by molar-refractivity contribution is -0.136. The third-order valence-electron chi connectivity index (χ3n) is 6.08. The molecule has 0 bridgehead atoms. The molecule has 2 saturated heterocycles. The van der Waals surface area contributed by atoms with E-state index in [2.05, 4.69) is 5.32 Å². The van der Waals surface area contributed by atoms with E-state index < -0.39 is 5.92 Å². The van der Waals surface area contributed by atoms with Crippen molar-refractivity contribution in [2.75, 3.05) is 31.6 Å². The average Bonchev–Trinajstić information content (AvgIpc) is 3.21. The van der Waals surface area contributed by atoms with E-state index >= 15 is 0 Å². The second-order valence-corrected chi connectivity index (χ2v) is 8.60. The van der Waals surface area contributed by atoms with Crippen LogP contribution in [0.1, 0.15) is 29.6 Å². The summed E-state index contributed by atoms with van der Waals surface area (Å²) in [5, 5.41) is 3.55. The summed E-state index contributed by atoms with van der Waals surface area (Å²) >= 11 is 6.11. The summed E-state index contributed by atoms with van der Waals surface area (Å²) in [5.74, 6) is -0.0843. The highest BCUT2D eigenvalue weighted by Gasteiger charge is 2.39. The Hall–Kier alpha value is -3.06. The lowest BCUT2D eigenvalue weighted by Gasteiger charge is -2.33. The topological polar surface area (TPSA) is 79.0 Å². The minimum atomic E-state index is -0.401. The van der Waals surface area contributed by atoms with Crippen LogP contribution in [0.5, 0.6) is 5.75 Å². The largest absolute Gasteiger partial charge is 0.495 e. The van der Waals surface area contributed by atoms with Gasteiger partial charge >= 0.3 is 0 Å². The molecule has 7 nitrogen and oxygen atoms in total. The molecule has 1 N–H and O–H groups in total. The van der Waals surface area contributed by atoms with Crippen LogP contribution in [0.25, 0.3) is 0 Å². The van der Waals surface area contributed by atoms with E-state index in [0.29, 0.717) is 54.5 Å². The number of halogens is 1. The number of rotatable bonds is 5. The van der Waals surface area contributed by atoms with E-state index in [4.69, 9.17) is 16.3 Å². The Morgan fingerprint density at radius 3 is 2.50 bits per heavy atom. The lowest BCUT2D eigenvalue weighted by Crippen LogP contribution is -2.48. The van der Waals surface area contributed by atoms with E-state index in [1.807, 2.05) is 23.1 Å². The molecule has 0 aromatic heterocycles. The molecule has 4 rings (SSSR count). The molecule has 2 fully saturated rings. The molecule has 1 atom stereocenters. The zero-order valence-electron chi connectivity index (χ0n) is 17.9. The number of hydrogen-bond acceptors (Lipinski definition) is 4. The predicted molar refractivity (Wildman–Crippen MR) is 122 cm³/mol. The van der Waals surface area contributed by atoms with Gasteiger partial charge in [0.1, 0.15) is 5.75 Å². The fourth-order valence-corrected chi connectivity index (χ4v) is 4.51. The molecule has 2 heterocycles. The van der Waals surface area contributed by atoms with Gasteiger partial charge < -0.3 is 19.9 Å². The highest BCUT2D eigenvalue weighted by atomic mass is 35.5. The number of likely N-dealkylation sites (tertiary alicyclic amines) is 1. The summed E-state index contributed by atoms with van der Waals surface area (Å²) < 4.78 is 5.37. The van der Waals surface area contributed by atoms with Gasteiger partial charge in [0, 0.05) is 42.7 Å². The second kappa shape index (κ2) is 9.61. The number of anilines is 1. The van der Waals surface area contributed by atoms with Gasteiger partial charge in [0.25, 0.3) is 5.91 Å². The van der Waals surface area contributed by atoms with Crippen molar-refractivity contribution < 1.29 is 19.1 Å². The van der Waals surface area contributed by atoms with Crippen molar-refractivity contribution in [3.05, 3.63) is 59.1 Å². The van der Waals surface area contributed by atoms with Crippen LogP contribution in [-0.4, -0.2) is 55.4 Å². The number of benzene rings is 2. The van der Waals surface area contributed by atoms with Gasteiger partial charge in [-0.1, -0.05) is 29.8 Å². The van der Waals surface area contributed by atoms with Crippen molar-refractivity contribution in [3.63, 3.8) is 0 Å². The Kier molecular flexibility index (Phi) is 6.65. The highest BCUT2D eigenvalue weighted by molar-refractivity contribution is 6.31. The molecule has 2 aliphatic heterocycles. The SMILES string of the molecule is COc1ccc(Cl)cc1N1C[C@H](C(=O)N2CCC(NC(=O)c3ccccc3)CC2)CC1=O. The van der Waals surface area contributed by atoms with Crippen molar-refractivity contribution in [2.45, 2.75) is 25.3 Å². The maximum atomic E-state index is 13.1. The van der Waals surface area contributed by atoms with Crippen LogP contribution in [0.15, 0.2) is 48.5 Å². The van der Waals surface area contributed by atoms with E-state index in [1.165, 1.54) is 7.11 Å². The molecular formula is C24H26ClN3O4. The Morgan fingerprint density at radius 2 is 1.81 bits per heavy atom. The van der Waals surface area contributed by atoms with Gasteiger partial charge in [-0.25, -0.2) is 0 Å². The Balaban J connectivity index is 1.33. The normalized spacial score (nSPS) is 19.2. The van der Waals surface area contributed by atoms with Crippen LogP contribution in [-0.2, 0) is 9.59 Å². The molecule has 0 saturated carbocycles. The van der Waals surface area contributed by atoms with Gasteiger partial charge in [-0.2, -0.15) is 0 Å². The van der Waals surface area contributed by atoms with E-state index in [1.54, 1.807) is 35.2 Å². The molecule has 3 amide bonds. The van der Waals surface area contributed by atoms with Gasteiger partial charge in [-0.3, -0.25) is 14.4 Å². The minimum absolute atomic E-state index is 0.0188. The van der Waals surface area contributed by atoms with Crippen molar-refractivity contribution >= 4 is 35.0 Å². The average molecular weight is 456 g/mol. The third kappa shape index (κ3) is 4.72. The van der Waals surface area contributed by atoms with Crippen molar-refractivity contribution in [2.24, 2.45) is 5.92 Å². The number of hydrogen-bond donors (Lipinski definition) is 1. The third-order valence-corrected chi connectivity index (χ3v) is 6.32. The molecule has 0 radical (unpaired) electrons. The molecule has 2 aromatic rings. The summed E-state index contributed by atoms with van der Waals surface area (Å²) in [6.07, 6.45) is 1.55. The van der Waals surface area contributed by atoms with E-state index in [0.717, 1.165) is 0 Å². The first-order valence-corrected chi connectivity index (χ1v) is 11.1. The molecule has 32 heavy (non-hydrogen) atoms. The first-order chi connectivity index (χ1) is 15.5. The quantitative estimate of drug-likeness (QED) is 0.751. The van der Waals surface area contributed by atoms with Crippen LogP contribution in [0.4, 0.5) is 5.69 Å². The zero-order chi connectivity index (χ0) is 22.7. The van der Waals surface area contributed by atoms with Crippen LogP contribution in [0.3, 0.4) is 0 Å². The maximum Gasteiger partial charge on any atom is 0.251 e. The molecule has 168 valence electrons. The van der Waals surface area contributed by atoms with E-state index in [9.17, 15) is 14.4 Å². The summed E-state index contributed by atoms with van der Waals surface area (Å²) in [6, 6.07) is 14.2. The molecule has 2 aromatic carbocycles. The summed E-state index contributed by atoms with van der Waals surface area (Å²) in [6.45, 7) is 1.42. The molecule has 2 aliphatic rings. The predicted octanol–water partition coefficient (Wildman–Crippen LogP) is 3.12. The first kappa shape index (κ1) is 22.1. The lowest BCUT2D eigenvalue weighted by atomic mass is 10.0. The van der Waals surface area contributed by atoms with Gasteiger partial charge in [0.2, 0.25) is 11.8 Å². The number of piperidine rings is 1. The Labute approximate surface area is 192 Å². The highest BCUT2D eigenvalue weighted by Crippen LogP contribution is 2.35. The Morgan fingerprint density at radius 1 is 1.09 bits per heavy atom. The van der Waals surface area contributed by atoms with Crippen molar-refractivity contribution in [3.8, 4) is 5.75 Å². The molecule has 0 spiro atoms. The fourth-order valence-electron chi connectivity index (χ4n) is 4.34. The van der Waals surface area contributed by atoms with Crippen molar-refractivity contribution in [1.29, 1.82) is 0 Å². The minimum Gasteiger partial charge on any atom is -0.495 e. The summed E-state index contributed by atoms with van der Waals surface area (Å²) in [4.78, 5) is 41.5. The number of nitrogens with one attached hydrogen (secondary N) is 1. The van der Waals surface area contributed by atoms with Gasteiger partial charge in [-0.05, 0) is 43.2 Å².